The Balaban J connectivity index is 3.95. The zero-order chi connectivity index (χ0) is 10.3. The molecule has 1 unspecified atom stereocenters. The first-order chi connectivity index (χ1) is 6.11. The van der Waals surface area contributed by atoms with Crippen LogP contribution in [0.1, 0.15) is 47.0 Å². The number of allylic oxidation sites excluding steroid dienone is 1. The summed E-state index contributed by atoms with van der Waals surface area (Å²) >= 11 is 0. The lowest BCUT2D eigenvalue weighted by atomic mass is 10.00. The highest BCUT2D eigenvalue weighted by Crippen LogP contribution is 2.15. The van der Waals surface area contributed by atoms with Crippen LogP contribution in [0, 0.1) is 5.92 Å². The minimum Gasteiger partial charge on any atom is -0.377 e. The molecule has 0 aliphatic rings. The molecule has 0 aromatic heterocycles. The Morgan fingerprint density at radius 3 is 2.31 bits per heavy atom. The van der Waals surface area contributed by atoms with Gasteiger partial charge in [-0.25, -0.2) is 0 Å². The van der Waals surface area contributed by atoms with Crippen molar-refractivity contribution in [3.8, 4) is 0 Å². The molecular formula is C12H24O. The van der Waals surface area contributed by atoms with Crippen molar-refractivity contribution in [1.29, 1.82) is 0 Å². The number of ether oxygens (including phenoxy) is 1. The Bertz CT molecular complexity index is 147. The van der Waals surface area contributed by atoms with E-state index in [4.69, 9.17) is 4.74 Å². The molecule has 0 N–H and O–H groups in total. The fourth-order valence-corrected chi connectivity index (χ4v) is 1.47. The van der Waals surface area contributed by atoms with Gasteiger partial charge in [0.05, 0.1) is 6.10 Å². The molecule has 0 saturated heterocycles. The largest absolute Gasteiger partial charge is 0.377 e. The van der Waals surface area contributed by atoms with Gasteiger partial charge in [0.2, 0.25) is 0 Å². The highest BCUT2D eigenvalue weighted by atomic mass is 16.5. The van der Waals surface area contributed by atoms with Crippen molar-refractivity contribution in [1.82, 2.24) is 0 Å². The van der Waals surface area contributed by atoms with Crippen LogP contribution in [-0.4, -0.2) is 13.2 Å². The maximum absolute atomic E-state index is 5.45. The van der Waals surface area contributed by atoms with E-state index in [1.165, 1.54) is 12.0 Å². The first-order valence-electron chi connectivity index (χ1n) is 5.31. The molecule has 0 fully saturated rings. The highest BCUT2D eigenvalue weighted by Gasteiger charge is 2.09. The van der Waals surface area contributed by atoms with Gasteiger partial charge >= 0.3 is 0 Å². The minimum atomic E-state index is 0.336. The molecule has 0 amide bonds. The average Bonchev–Trinajstić information content (AvgIpc) is 2.05. The maximum atomic E-state index is 5.45. The molecule has 0 bridgehead atoms. The number of hydrogen-bond acceptors (Lipinski definition) is 1. The molecule has 1 nitrogen and oxygen atoms in total. The normalized spacial score (nSPS) is 15.1. The fourth-order valence-electron chi connectivity index (χ4n) is 1.47. The molecule has 0 saturated carbocycles. The Hall–Kier alpha value is -0.300. The predicted octanol–water partition coefficient (Wildman–Crippen LogP) is 3.79. The summed E-state index contributed by atoms with van der Waals surface area (Å²) in [7, 11) is 1.80. The van der Waals surface area contributed by atoms with Gasteiger partial charge in [0.15, 0.2) is 0 Å². The van der Waals surface area contributed by atoms with Crippen LogP contribution >= 0.6 is 0 Å². The molecule has 13 heavy (non-hydrogen) atoms. The molecule has 0 radical (unpaired) electrons. The Morgan fingerprint density at radius 2 is 1.92 bits per heavy atom. The van der Waals surface area contributed by atoms with E-state index in [1.54, 1.807) is 7.11 Å². The van der Waals surface area contributed by atoms with Crippen molar-refractivity contribution in [2.75, 3.05) is 7.11 Å². The molecule has 1 heteroatoms. The maximum Gasteiger partial charge on any atom is 0.0778 e. The van der Waals surface area contributed by atoms with Crippen LogP contribution < -0.4 is 0 Å². The molecule has 0 aromatic rings. The highest BCUT2D eigenvalue weighted by molar-refractivity contribution is 5.04. The lowest BCUT2D eigenvalue weighted by Gasteiger charge is -2.17. The molecular weight excluding hydrogens is 160 g/mol. The third-order valence-corrected chi connectivity index (χ3v) is 2.32. The molecule has 0 aromatic carbocycles. The molecule has 0 rings (SSSR count). The van der Waals surface area contributed by atoms with E-state index in [0.29, 0.717) is 6.10 Å². The SMILES string of the molecule is CCC=C(C)C(CCC(C)C)OC. The van der Waals surface area contributed by atoms with Gasteiger partial charge in [-0.1, -0.05) is 26.8 Å². The summed E-state index contributed by atoms with van der Waals surface area (Å²) in [5.41, 5.74) is 1.38. The quantitative estimate of drug-likeness (QED) is 0.571. The van der Waals surface area contributed by atoms with Crippen LogP contribution in [0.5, 0.6) is 0 Å². The fraction of sp³-hybridized carbons (Fsp3) is 0.833. The molecule has 1 atom stereocenters. The van der Waals surface area contributed by atoms with Crippen LogP contribution in [0.15, 0.2) is 11.6 Å². The number of rotatable bonds is 6. The van der Waals surface area contributed by atoms with Crippen molar-refractivity contribution in [3.63, 3.8) is 0 Å². The van der Waals surface area contributed by atoms with Crippen LogP contribution in [0.2, 0.25) is 0 Å². The Labute approximate surface area is 83.2 Å². The van der Waals surface area contributed by atoms with Gasteiger partial charge in [0.1, 0.15) is 0 Å². The summed E-state index contributed by atoms with van der Waals surface area (Å²) in [4.78, 5) is 0. The van der Waals surface area contributed by atoms with Crippen LogP contribution in [-0.2, 0) is 4.74 Å². The van der Waals surface area contributed by atoms with E-state index < -0.39 is 0 Å². The average molecular weight is 184 g/mol. The summed E-state index contributed by atoms with van der Waals surface area (Å²) in [6.45, 7) is 8.84. The minimum absolute atomic E-state index is 0.336. The summed E-state index contributed by atoms with van der Waals surface area (Å²) in [6, 6.07) is 0. The van der Waals surface area contributed by atoms with Gasteiger partial charge in [-0.2, -0.15) is 0 Å². The summed E-state index contributed by atoms with van der Waals surface area (Å²) in [6.07, 6.45) is 6.09. The van der Waals surface area contributed by atoms with E-state index in [1.807, 2.05) is 0 Å². The van der Waals surface area contributed by atoms with E-state index in [9.17, 15) is 0 Å². The summed E-state index contributed by atoms with van der Waals surface area (Å²) in [5.74, 6) is 0.770. The third kappa shape index (κ3) is 5.87. The predicted molar refractivity (Wildman–Crippen MR) is 58.9 cm³/mol. The molecule has 0 aliphatic heterocycles. The first kappa shape index (κ1) is 12.7. The van der Waals surface area contributed by atoms with Crippen molar-refractivity contribution in [2.24, 2.45) is 5.92 Å². The van der Waals surface area contributed by atoms with Crippen molar-refractivity contribution >= 4 is 0 Å². The van der Waals surface area contributed by atoms with Crippen LogP contribution in [0.3, 0.4) is 0 Å². The smallest absolute Gasteiger partial charge is 0.0778 e. The van der Waals surface area contributed by atoms with E-state index in [0.717, 1.165) is 18.8 Å². The molecule has 0 spiro atoms. The van der Waals surface area contributed by atoms with Gasteiger partial charge in [0, 0.05) is 7.11 Å². The monoisotopic (exact) mass is 184 g/mol. The van der Waals surface area contributed by atoms with Crippen LogP contribution in [0.25, 0.3) is 0 Å². The Kier molecular flexibility index (Phi) is 6.97. The lowest BCUT2D eigenvalue weighted by Crippen LogP contribution is -2.13. The summed E-state index contributed by atoms with van der Waals surface area (Å²) in [5, 5.41) is 0. The van der Waals surface area contributed by atoms with Gasteiger partial charge < -0.3 is 4.74 Å². The van der Waals surface area contributed by atoms with Gasteiger partial charge in [-0.05, 0) is 37.7 Å². The van der Waals surface area contributed by atoms with E-state index >= 15 is 0 Å². The second kappa shape index (κ2) is 7.14. The van der Waals surface area contributed by atoms with Crippen molar-refractivity contribution < 1.29 is 4.74 Å². The first-order valence-corrected chi connectivity index (χ1v) is 5.31. The van der Waals surface area contributed by atoms with Crippen LogP contribution in [0.4, 0.5) is 0 Å². The Morgan fingerprint density at radius 1 is 1.31 bits per heavy atom. The summed E-state index contributed by atoms with van der Waals surface area (Å²) < 4.78 is 5.45. The van der Waals surface area contributed by atoms with Crippen molar-refractivity contribution in [2.45, 2.75) is 53.1 Å². The van der Waals surface area contributed by atoms with E-state index in [2.05, 4.69) is 33.8 Å². The lowest BCUT2D eigenvalue weighted by molar-refractivity contribution is 0.118. The standard InChI is InChI=1S/C12H24O/c1-6-7-11(4)12(13-5)9-8-10(2)3/h7,10,12H,6,8-9H2,1-5H3. The molecule has 0 aliphatic carbocycles. The zero-order valence-corrected chi connectivity index (χ0v) is 9.76. The van der Waals surface area contributed by atoms with Crippen molar-refractivity contribution in [3.05, 3.63) is 11.6 Å². The number of methoxy groups -OCH3 is 1. The zero-order valence-electron chi connectivity index (χ0n) is 9.76. The second-order valence-corrected chi connectivity index (χ2v) is 4.05. The number of hydrogen-bond donors (Lipinski definition) is 0. The topological polar surface area (TPSA) is 9.23 Å². The molecule has 0 heterocycles. The second-order valence-electron chi connectivity index (χ2n) is 4.05. The molecule has 78 valence electrons. The van der Waals surface area contributed by atoms with E-state index in [-0.39, 0.29) is 0 Å². The third-order valence-electron chi connectivity index (χ3n) is 2.32. The van der Waals surface area contributed by atoms with Gasteiger partial charge in [-0.15, -0.1) is 0 Å². The van der Waals surface area contributed by atoms with Gasteiger partial charge in [0.25, 0.3) is 0 Å². The van der Waals surface area contributed by atoms with Gasteiger partial charge in [-0.3, -0.25) is 0 Å².